The van der Waals surface area contributed by atoms with Crippen molar-refractivity contribution in [3.63, 3.8) is 0 Å². The molecule has 0 aromatic heterocycles. The van der Waals surface area contributed by atoms with E-state index in [0.717, 1.165) is 19.3 Å². The molecule has 174 valence electrons. The molecular weight excluding hydrogens is 428 g/mol. The fourth-order valence-electron chi connectivity index (χ4n) is 3.58. The van der Waals surface area contributed by atoms with E-state index in [1.807, 2.05) is 30.0 Å². The number of hydrogen-bond acceptors (Lipinski definition) is 5. The molecule has 2 aromatic rings. The molecule has 1 aliphatic heterocycles. The summed E-state index contributed by atoms with van der Waals surface area (Å²) in [6, 6.07) is 14.8. The predicted octanol–water partition coefficient (Wildman–Crippen LogP) is 3.39. The lowest BCUT2D eigenvalue weighted by molar-refractivity contribution is -0.131. The second-order valence-corrected chi connectivity index (χ2v) is 9.49. The first-order valence-electron chi connectivity index (χ1n) is 11.2. The molecular formula is C24H32N2O5S. The summed E-state index contributed by atoms with van der Waals surface area (Å²) in [5.74, 6) is 1.16. The molecule has 1 N–H and O–H groups in total. The standard InChI is InChI=1S/C24H32N2O5S/c1-2-26(16-14-20-9-5-3-6-10-20)24(27)11-7-4-8-15-25-32(28,29)21-12-13-22-23(19-21)31-18-17-30-22/h3,5-6,9-10,12-13,19,25H,2,4,7-8,11,14-18H2,1H3. The quantitative estimate of drug-likeness (QED) is 0.491. The molecule has 0 saturated heterocycles. The second kappa shape index (κ2) is 11.9. The maximum absolute atomic E-state index is 12.5. The van der Waals surface area contributed by atoms with Gasteiger partial charge in [-0.1, -0.05) is 36.8 Å². The Labute approximate surface area is 190 Å². The first-order valence-corrected chi connectivity index (χ1v) is 12.7. The van der Waals surface area contributed by atoms with Gasteiger partial charge in [-0.05, 0) is 43.9 Å². The number of nitrogens with one attached hydrogen (secondary N) is 1. The fourth-order valence-corrected chi connectivity index (χ4v) is 4.67. The minimum Gasteiger partial charge on any atom is -0.486 e. The summed E-state index contributed by atoms with van der Waals surface area (Å²) < 4.78 is 38.5. The zero-order valence-electron chi connectivity index (χ0n) is 18.6. The largest absolute Gasteiger partial charge is 0.486 e. The third kappa shape index (κ3) is 6.97. The Hall–Kier alpha value is -2.58. The van der Waals surface area contributed by atoms with Gasteiger partial charge in [0.05, 0.1) is 4.90 Å². The number of amides is 1. The molecule has 0 aliphatic carbocycles. The lowest BCUT2D eigenvalue weighted by Crippen LogP contribution is -2.32. The lowest BCUT2D eigenvalue weighted by atomic mass is 10.1. The Bertz CT molecular complexity index is 979. The van der Waals surface area contributed by atoms with Crippen LogP contribution in [0.4, 0.5) is 0 Å². The molecule has 7 nitrogen and oxygen atoms in total. The maximum Gasteiger partial charge on any atom is 0.240 e. The molecule has 8 heteroatoms. The third-order valence-electron chi connectivity index (χ3n) is 5.43. The molecule has 32 heavy (non-hydrogen) atoms. The van der Waals surface area contributed by atoms with Crippen molar-refractivity contribution in [3.05, 3.63) is 54.1 Å². The Kier molecular flexibility index (Phi) is 8.93. The number of carbonyl (C=O) groups is 1. The molecule has 1 amide bonds. The summed E-state index contributed by atoms with van der Waals surface area (Å²) in [5, 5.41) is 0. The van der Waals surface area contributed by atoms with E-state index in [9.17, 15) is 13.2 Å². The Morgan fingerprint density at radius 1 is 1.00 bits per heavy atom. The van der Waals surface area contributed by atoms with Gasteiger partial charge in [0.1, 0.15) is 13.2 Å². The minimum absolute atomic E-state index is 0.153. The number of ether oxygens (including phenoxy) is 2. The van der Waals surface area contributed by atoms with Crippen LogP contribution >= 0.6 is 0 Å². The SMILES string of the molecule is CCN(CCc1ccccc1)C(=O)CCCCCNS(=O)(=O)c1ccc2c(c1)OCCO2. The van der Waals surface area contributed by atoms with Gasteiger partial charge in [0.2, 0.25) is 15.9 Å². The average Bonchev–Trinajstić information content (AvgIpc) is 2.82. The lowest BCUT2D eigenvalue weighted by Gasteiger charge is -2.21. The van der Waals surface area contributed by atoms with Gasteiger partial charge in [0.15, 0.2) is 11.5 Å². The number of sulfonamides is 1. The van der Waals surface area contributed by atoms with Gasteiger partial charge < -0.3 is 14.4 Å². The molecule has 0 atom stereocenters. The number of carbonyl (C=O) groups excluding carboxylic acids is 1. The topological polar surface area (TPSA) is 84.9 Å². The predicted molar refractivity (Wildman–Crippen MR) is 123 cm³/mol. The Balaban J connectivity index is 1.35. The smallest absolute Gasteiger partial charge is 0.240 e. The van der Waals surface area contributed by atoms with Gasteiger partial charge in [-0.25, -0.2) is 13.1 Å². The van der Waals surface area contributed by atoms with Crippen LogP contribution in [0.25, 0.3) is 0 Å². The van der Waals surface area contributed by atoms with Crippen LogP contribution in [0.5, 0.6) is 11.5 Å². The molecule has 0 saturated carbocycles. The molecule has 1 aliphatic rings. The van der Waals surface area contributed by atoms with E-state index in [-0.39, 0.29) is 10.8 Å². The van der Waals surface area contributed by atoms with Crippen LogP contribution in [-0.2, 0) is 21.2 Å². The highest BCUT2D eigenvalue weighted by atomic mass is 32.2. The second-order valence-electron chi connectivity index (χ2n) is 7.72. The summed E-state index contributed by atoms with van der Waals surface area (Å²) in [7, 11) is -3.61. The number of likely N-dealkylation sites (N-methyl/N-ethyl adjacent to an activating group) is 1. The maximum atomic E-state index is 12.5. The molecule has 1 heterocycles. The minimum atomic E-state index is -3.61. The van der Waals surface area contributed by atoms with Gasteiger partial charge in [0.25, 0.3) is 0 Å². The normalized spacial score (nSPS) is 13.0. The van der Waals surface area contributed by atoms with Gasteiger partial charge in [-0.2, -0.15) is 0 Å². The van der Waals surface area contributed by atoms with Gasteiger partial charge in [0, 0.05) is 32.1 Å². The molecule has 0 bridgehead atoms. The zero-order chi connectivity index (χ0) is 22.8. The van der Waals surface area contributed by atoms with Crippen LogP contribution in [0.1, 0.15) is 38.2 Å². The number of benzene rings is 2. The molecule has 0 radical (unpaired) electrons. The van der Waals surface area contributed by atoms with Gasteiger partial charge in [-0.15, -0.1) is 0 Å². The van der Waals surface area contributed by atoms with Crippen molar-refractivity contribution >= 4 is 15.9 Å². The summed E-state index contributed by atoms with van der Waals surface area (Å²) >= 11 is 0. The highest BCUT2D eigenvalue weighted by Gasteiger charge is 2.19. The van der Waals surface area contributed by atoms with E-state index < -0.39 is 10.0 Å². The number of unbranched alkanes of at least 4 members (excludes halogenated alkanes) is 2. The van der Waals surface area contributed by atoms with E-state index in [2.05, 4.69) is 16.9 Å². The highest BCUT2D eigenvalue weighted by Crippen LogP contribution is 2.32. The van der Waals surface area contributed by atoms with Crippen LogP contribution < -0.4 is 14.2 Å². The van der Waals surface area contributed by atoms with Crippen molar-refractivity contribution in [3.8, 4) is 11.5 Å². The van der Waals surface area contributed by atoms with Crippen molar-refractivity contribution in [2.45, 2.75) is 43.9 Å². The van der Waals surface area contributed by atoms with Crippen molar-refractivity contribution in [2.75, 3.05) is 32.8 Å². The Morgan fingerprint density at radius 2 is 1.75 bits per heavy atom. The van der Waals surface area contributed by atoms with Crippen LogP contribution in [0.3, 0.4) is 0 Å². The first-order chi connectivity index (χ1) is 15.5. The number of nitrogens with zero attached hydrogens (tertiary/aromatic N) is 1. The molecule has 0 unspecified atom stereocenters. The molecule has 0 fully saturated rings. The van der Waals surface area contributed by atoms with Crippen LogP contribution in [-0.4, -0.2) is 52.1 Å². The van der Waals surface area contributed by atoms with E-state index in [4.69, 9.17) is 9.47 Å². The van der Waals surface area contributed by atoms with Crippen LogP contribution in [0.2, 0.25) is 0 Å². The van der Waals surface area contributed by atoms with E-state index in [0.29, 0.717) is 57.2 Å². The van der Waals surface area contributed by atoms with Gasteiger partial charge >= 0.3 is 0 Å². The van der Waals surface area contributed by atoms with E-state index in [1.54, 1.807) is 6.07 Å². The number of fused-ring (bicyclic) bond motifs is 1. The number of rotatable bonds is 12. The fraction of sp³-hybridized carbons (Fsp3) is 0.458. The molecule has 3 rings (SSSR count). The summed E-state index contributed by atoms with van der Waals surface area (Å²) in [6.45, 7) is 4.61. The van der Waals surface area contributed by atoms with Crippen molar-refractivity contribution in [2.24, 2.45) is 0 Å². The molecule has 2 aromatic carbocycles. The number of hydrogen-bond donors (Lipinski definition) is 1. The summed E-state index contributed by atoms with van der Waals surface area (Å²) in [4.78, 5) is 14.5. The Morgan fingerprint density at radius 3 is 2.50 bits per heavy atom. The van der Waals surface area contributed by atoms with Crippen LogP contribution in [0.15, 0.2) is 53.4 Å². The van der Waals surface area contributed by atoms with E-state index >= 15 is 0 Å². The first kappa shape index (κ1) is 24.1. The summed E-state index contributed by atoms with van der Waals surface area (Å²) in [5.41, 5.74) is 1.23. The van der Waals surface area contributed by atoms with Crippen LogP contribution in [0, 0.1) is 0 Å². The average molecular weight is 461 g/mol. The zero-order valence-corrected chi connectivity index (χ0v) is 19.4. The highest BCUT2D eigenvalue weighted by molar-refractivity contribution is 7.89. The van der Waals surface area contributed by atoms with E-state index in [1.165, 1.54) is 17.7 Å². The third-order valence-corrected chi connectivity index (χ3v) is 6.89. The van der Waals surface area contributed by atoms with Crippen molar-refractivity contribution in [1.29, 1.82) is 0 Å². The molecule has 0 spiro atoms. The monoisotopic (exact) mass is 460 g/mol. The van der Waals surface area contributed by atoms with Gasteiger partial charge in [-0.3, -0.25) is 4.79 Å². The van der Waals surface area contributed by atoms with Crippen molar-refractivity contribution < 1.29 is 22.7 Å². The van der Waals surface area contributed by atoms with Crippen molar-refractivity contribution in [1.82, 2.24) is 9.62 Å². The summed E-state index contributed by atoms with van der Waals surface area (Å²) in [6.07, 6.45) is 3.53.